The molecule has 0 saturated heterocycles. The highest BCUT2D eigenvalue weighted by atomic mass is 16.3. The van der Waals surface area contributed by atoms with E-state index in [-0.39, 0.29) is 11.8 Å². The van der Waals surface area contributed by atoms with Gasteiger partial charge in [-0.25, -0.2) is 0 Å². The summed E-state index contributed by atoms with van der Waals surface area (Å²) in [5.74, 6) is -0.324. The molecule has 0 heterocycles. The Balaban J connectivity index is 3.72. The third-order valence-electron chi connectivity index (χ3n) is 1.15. The highest BCUT2D eigenvalue weighted by Gasteiger charge is 2.16. The molecule has 9 heavy (non-hydrogen) atoms. The van der Waals surface area contributed by atoms with Gasteiger partial charge in [-0.3, -0.25) is 4.79 Å². The van der Waals surface area contributed by atoms with Gasteiger partial charge in [0.15, 0.2) is 0 Å². The number of hydrogen-bond donors (Lipinski definition) is 2. The zero-order valence-corrected chi connectivity index (χ0v) is 6.01. The van der Waals surface area contributed by atoms with Crippen molar-refractivity contribution in [1.29, 1.82) is 0 Å². The van der Waals surface area contributed by atoms with E-state index in [1.807, 2.05) is 0 Å². The Morgan fingerprint density at radius 3 is 2.11 bits per heavy atom. The molecule has 0 bridgehead atoms. The zero-order chi connectivity index (χ0) is 7.44. The van der Waals surface area contributed by atoms with Crippen LogP contribution in [0.25, 0.3) is 0 Å². The molecule has 0 aromatic rings. The monoisotopic (exact) mass is 131 g/mol. The fourth-order valence-corrected chi connectivity index (χ4v) is 0.451. The van der Waals surface area contributed by atoms with Crippen LogP contribution in [0.4, 0.5) is 0 Å². The van der Waals surface area contributed by atoms with Crippen molar-refractivity contribution in [2.45, 2.75) is 20.0 Å². The van der Waals surface area contributed by atoms with Crippen molar-refractivity contribution in [3.8, 4) is 0 Å². The number of carbonyl (C=O) groups excluding carboxylic acids is 1. The van der Waals surface area contributed by atoms with E-state index in [0.29, 0.717) is 0 Å². The summed E-state index contributed by atoms with van der Waals surface area (Å²) in [5.41, 5.74) is 0. The summed E-state index contributed by atoms with van der Waals surface area (Å²) >= 11 is 0. The van der Waals surface area contributed by atoms with Crippen LogP contribution in [0.1, 0.15) is 13.8 Å². The Morgan fingerprint density at radius 2 is 2.00 bits per heavy atom. The summed E-state index contributed by atoms with van der Waals surface area (Å²) in [7, 11) is 1.51. The zero-order valence-electron chi connectivity index (χ0n) is 6.01. The number of likely N-dealkylation sites (N-methyl/N-ethyl adjacent to an activating group) is 1. The first-order chi connectivity index (χ1) is 4.09. The molecule has 0 aromatic carbocycles. The van der Waals surface area contributed by atoms with Gasteiger partial charge < -0.3 is 10.4 Å². The molecular formula is C6H13NO2. The molecule has 3 heteroatoms. The second-order valence-corrected chi connectivity index (χ2v) is 2.30. The molecule has 0 aliphatic rings. The van der Waals surface area contributed by atoms with Crippen molar-refractivity contribution in [2.75, 3.05) is 7.05 Å². The van der Waals surface area contributed by atoms with Gasteiger partial charge in [0.05, 0.1) is 0 Å². The predicted octanol–water partition coefficient (Wildman–Crippen LogP) is -0.251. The maximum atomic E-state index is 10.6. The van der Waals surface area contributed by atoms with E-state index in [2.05, 4.69) is 5.32 Å². The Morgan fingerprint density at radius 1 is 1.56 bits per heavy atom. The van der Waals surface area contributed by atoms with Crippen molar-refractivity contribution in [1.82, 2.24) is 5.32 Å². The van der Waals surface area contributed by atoms with Crippen LogP contribution in [0.5, 0.6) is 0 Å². The Labute approximate surface area is 55.1 Å². The maximum Gasteiger partial charge on any atom is 0.248 e. The van der Waals surface area contributed by atoms with E-state index in [1.165, 1.54) is 7.05 Å². The Hall–Kier alpha value is -0.570. The van der Waals surface area contributed by atoms with E-state index < -0.39 is 6.10 Å². The summed E-state index contributed by atoms with van der Waals surface area (Å²) in [5, 5.41) is 11.3. The molecule has 1 atom stereocenters. The first-order valence-electron chi connectivity index (χ1n) is 2.99. The van der Waals surface area contributed by atoms with Crippen molar-refractivity contribution in [3.05, 3.63) is 0 Å². The summed E-state index contributed by atoms with van der Waals surface area (Å²) in [6.07, 6.45) is -0.866. The Kier molecular flexibility index (Phi) is 3.24. The van der Waals surface area contributed by atoms with Crippen molar-refractivity contribution < 1.29 is 9.90 Å². The van der Waals surface area contributed by atoms with Crippen LogP contribution in [-0.4, -0.2) is 24.2 Å². The van der Waals surface area contributed by atoms with Crippen molar-refractivity contribution in [2.24, 2.45) is 5.92 Å². The van der Waals surface area contributed by atoms with Gasteiger partial charge in [0.25, 0.3) is 0 Å². The average Bonchev–Trinajstić information content (AvgIpc) is 1.84. The van der Waals surface area contributed by atoms with Gasteiger partial charge in [0, 0.05) is 7.05 Å². The number of aliphatic hydroxyl groups excluding tert-OH is 1. The fraction of sp³-hybridized carbons (Fsp3) is 0.833. The first kappa shape index (κ1) is 8.43. The maximum absolute atomic E-state index is 10.6. The minimum atomic E-state index is -0.866. The minimum Gasteiger partial charge on any atom is -0.383 e. The second kappa shape index (κ2) is 3.45. The molecule has 0 radical (unpaired) electrons. The summed E-state index contributed by atoms with van der Waals surface area (Å²) in [6, 6.07) is 0. The van der Waals surface area contributed by atoms with Crippen LogP contribution < -0.4 is 5.32 Å². The third-order valence-corrected chi connectivity index (χ3v) is 1.15. The lowest BCUT2D eigenvalue weighted by atomic mass is 10.1. The molecular weight excluding hydrogens is 118 g/mol. The van der Waals surface area contributed by atoms with Crippen LogP contribution in [0, 0.1) is 5.92 Å². The molecule has 0 rings (SSSR count). The fourth-order valence-electron chi connectivity index (χ4n) is 0.451. The minimum absolute atomic E-state index is 0.00931. The molecule has 0 aromatic heterocycles. The summed E-state index contributed by atoms with van der Waals surface area (Å²) in [4.78, 5) is 10.6. The van der Waals surface area contributed by atoms with E-state index in [1.54, 1.807) is 13.8 Å². The van der Waals surface area contributed by atoms with Crippen LogP contribution in [-0.2, 0) is 4.79 Å². The lowest BCUT2D eigenvalue weighted by molar-refractivity contribution is -0.130. The first-order valence-corrected chi connectivity index (χ1v) is 2.99. The molecule has 1 amide bonds. The van der Waals surface area contributed by atoms with Crippen molar-refractivity contribution in [3.63, 3.8) is 0 Å². The van der Waals surface area contributed by atoms with Gasteiger partial charge in [0.1, 0.15) is 6.10 Å². The van der Waals surface area contributed by atoms with Crippen LogP contribution in [0.15, 0.2) is 0 Å². The molecule has 3 nitrogen and oxygen atoms in total. The Bertz CT molecular complexity index is 101. The molecule has 0 saturated carbocycles. The average molecular weight is 131 g/mol. The number of nitrogens with one attached hydrogen (secondary N) is 1. The molecule has 54 valence electrons. The molecule has 0 aliphatic heterocycles. The van der Waals surface area contributed by atoms with Gasteiger partial charge in [-0.1, -0.05) is 13.8 Å². The topological polar surface area (TPSA) is 49.3 Å². The van der Waals surface area contributed by atoms with Crippen LogP contribution in [0.2, 0.25) is 0 Å². The van der Waals surface area contributed by atoms with Gasteiger partial charge in [0.2, 0.25) is 5.91 Å². The number of hydrogen-bond acceptors (Lipinski definition) is 2. The molecule has 0 aliphatic carbocycles. The van der Waals surface area contributed by atoms with Gasteiger partial charge in [-0.15, -0.1) is 0 Å². The number of rotatable bonds is 2. The number of amides is 1. The lowest BCUT2D eigenvalue weighted by Crippen LogP contribution is -2.35. The van der Waals surface area contributed by atoms with E-state index in [0.717, 1.165) is 0 Å². The van der Waals surface area contributed by atoms with Gasteiger partial charge in [-0.05, 0) is 5.92 Å². The lowest BCUT2D eigenvalue weighted by Gasteiger charge is -2.11. The highest BCUT2D eigenvalue weighted by molar-refractivity contribution is 5.80. The van der Waals surface area contributed by atoms with E-state index in [9.17, 15) is 4.79 Å². The smallest absolute Gasteiger partial charge is 0.248 e. The molecule has 0 spiro atoms. The SMILES string of the molecule is CNC(=O)[C@H](O)C(C)C. The standard InChI is InChI=1S/C6H13NO2/c1-4(2)5(8)6(9)7-3/h4-5,8H,1-3H3,(H,7,9)/t5-/m1/s1. The molecule has 0 unspecified atom stereocenters. The number of aliphatic hydroxyl groups is 1. The molecule has 2 N–H and O–H groups in total. The van der Waals surface area contributed by atoms with Crippen LogP contribution in [0.3, 0.4) is 0 Å². The second-order valence-electron chi connectivity index (χ2n) is 2.30. The van der Waals surface area contributed by atoms with Crippen LogP contribution >= 0.6 is 0 Å². The quantitative estimate of drug-likeness (QED) is 0.543. The van der Waals surface area contributed by atoms with Gasteiger partial charge in [-0.2, -0.15) is 0 Å². The number of carbonyl (C=O) groups is 1. The largest absolute Gasteiger partial charge is 0.383 e. The van der Waals surface area contributed by atoms with Gasteiger partial charge >= 0.3 is 0 Å². The third kappa shape index (κ3) is 2.46. The molecule has 0 fully saturated rings. The predicted molar refractivity (Wildman–Crippen MR) is 34.9 cm³/mol. The van der Waals surface area contributed by atoms with E-state index in [4.69, 9.17) is 5.11 Å². The normalized spacial score (nSPS) is 13.4. The summed E-state index contributed by atoms with van der Waals surface area (Å²) < 4.78 is 0. The summed E-state index contributed by atoms with van der Waals surface area (Å²) in [6.45, 7) is 3.58. The van der Waals surface area contributed by atoms with E-state index >= 15 is 0 Å². The van der Waals surface area contributed by atoms with Crippen molar-refractivity contribution >= 4 is 5.91 Å². The highest BCUT2D eigenvalue weighted by Crippen LogP contribution is 1.99.